The molecule has 0 spiro atoms. The summed E-state index contributed by atoms with van der Waals surface area (Å²) >= 11 is 0. The van der Waals surface area contributed by atoms with Crippen LogP contribution in [0, 0.1) is 11.3 Å². The Labute approximate surface area is 184 Å². The summed E-state index contributed by atoms with van der Waals surface area (Å²) in [7, 11) is 1.70. The lowest BCUT2D eigenvalue weighted by Crippen LogP contribution is -2.50. The fourth-order valence-electron chi connectivity index (χ4n) is 3.78. The van der Waals surface area contributed by atoms with E-state index in [4.69, 9.17) is 9.47 Å². The minimum Gasteiger partial charge on any atom is -0.490 e. The van der Waals surface area contributed by atoms with E-state index in [0.29, 0.717) is 43.2 Å². The van der Waals surface area contributed by atoms with E-state index >= 15 is 0 Å². The third kappa shape index (κ3) is 7.76. The van der Waals surface area contributed by atoms with Crippen molar-refractivity contribution in [3.63, 3.8) is 0 Å². The third-order valence-corrected chi connectivity index (χ3v) is 5.20. The Balaban J connectivity index is 1.88. The van der Waals surface area contributed by atoms with Crippen molar-refractivity contribution in [3.05, 3.63) is 18.2 Å². The van der Waals surface area contributed by atoms with Crippen molar-refractivity contribution in [1.29, 1.82) is 5.26 Å². The molecule has 1 fully saturated rings. The number of nitrogens with zero attached hydrogens (tertiary/aromatic N) is 2. The van der Waals surface area contributed by atoms with Gasteiger partial charge in [-0.1, -0.05) is 25.7 Å². The zero-order valence-electron chi connectivity index (χ0n) is 18.8. The molecule has 0 atom stereocenters. The van der Waals surface area contributed by atoms with Gasteiger partial charge in [0.2, 0.25) is 11.8 Å². The summed E-state index contributed by atoms with van der Waals surface area (Å²) in [5, 5.41) is 15.3. The minimum absolute atomic E-state index is 0.0458. The number of carbonyl (C=O) groups excluding carboxylic acids is 2. The number of nitriles is 1. The van der Waals surface area contributed by atoms with Crippen molar-refractivity contribution in [2.24, 2.45) is 0 Å². The first-order chi connectivity index (χ1) is 14.9. The van der Waals surface area contributed by atoms with E-state index in [2.05, 4.69) is 16.7 Å². The van der Waals surface area contributed by atoms with Crippen LogP contribution in [-0.4, -0.2) is 55.6 Å². The Bertz CT molecular complexity index is 782. The van der Waals surface area contributed by atoms with Crippen molar-refractivity contribution in [1.82, 2.24) is 10.2 Å². The molecule has 170 valence electrons. The maximum Gasteiger partial charge on any atom is 0.238 e. The summed E-state index contributed by atoms with van der Waals surface area (Å²) in [6.07, 6.45) is 5.43. The number of nitrogens with one attached hydrogen (secondary N) is 2. The lowest BCUT2D eigenvalue weighted by Gasteiger charge is -2.27. The van der Waals surface area contributed by atoms with Crippen LogP contribution in [0.3, 0.4) is 0 Å². The second kappa shape index (κ2) is 12.2. The van der Waals surface area contributed by atoms with Crippen molar-refractivity contribution in [3.8, 4) is 17.6 Å². The van der Waals surface area contributed by atoms with Crippen LogP contribution in [0.15, 0.2) is 18.2 Å². The monoisotopic (exact) mass is 430 g/mol. The van der Waals surface area contributed by atoms with Crippen LogP contribution in [0.5, 0.6) is 11.5 Å². The zero-order chi connectivity index (χ0) is 22.7. The summed E-state index contributed by atoms with van der Waals surface area (Å²) in [4.78, 5) is 26.5. The van der Waals surface area contributed by atoms with Crippen LogP contribution in [0.4, 0.5) is 5.69 Å². The van der Waals surface area contributed by atoms with Crippen LogP contribution in [0.25, 0.3) is 0 Å². The number of amides is 2. The summed E-state index contributed by atoms with van der Waals surface area (Å²) in [6, 6.07) is 7.55. The Hall–Kier alpha value is -2.79. The standard InChI is InChI=1S/C23H34N4O4/c1-4-30-19-11-10-18(14-20(19)31-5-2)25-21(28)15-27(3)16-22(29)26-23(17-24)12-8-6-7-9-13-23/h10-11,14H,4-9,12-13,15-16H2,1-3H3,(H,25,28)(H,26,29). The molecule has 1 aliphatic rings. The normalized spacial score (nSPS) is 15.5. The first-order valence-corrected chi connectivity index (χ1v) is 11.0. The molecule has 0 unspecified atom stereocenters. The molecule has 31 heavy (non-hydrogen) atoms. The summed E-state index contributed by atoms with van der Waals surface area (Å²) in [5.41, 5.74) is -0.189. The van der Waals surface area contributed by atoms with Gasteiger partial charge in [0.25, 0.3) is 0 Å². The van der Waals surface area contributed by atoms with Gasteiger partial charge < -0.3 is 20.1 Å². The molecule has 1 aromatic carbocycles. The van der Waals surface area contributed by atoms with Crippen molar-refractivity contribution in [2.75, 3.05) is 38.7 Å². The van der Waals surface area contributed by atoms with Gasteiger partial charge in [-0.25, -0.2) is 0 Å². The number of carbonyl (C=O) groups is 2. The maximum atomic E-state index is 12.5. The molecular weight excluding hydrogens is 396 g/mol. The van der Waals surface area contributed by atoms with Gasteiger partial charge in [-0.3, -0.25) is 14.5 Å². The van der Waals surface area contributed by atoms with Gasteiger partial charge in [-0.2, -0.15) is 5.26 Å². The molecule has 8 nitrogen and oxygen atoms in total. The fraction of sp³-hybridized carbons (Fsp3) is 0.609. The predicted octanol–water partition coefficient (Wildman–Crippen LogP) is 3.09. The van der Waals surface area contributed by atoms with Crippen LogP contribution >= 0.6 is 0 Å². The molecule has 8 heteroatoms. The quantitative estimate of drug-likeness (QED) is 0.553. The van der Waals surface area contributed by atoms with Crippen molar-refractivity contribution >= 4 is 17.5 Å². The molecule has 0 radical (unpaired) electrons. The van der Waals surface area contributed by atoms with E-state index in [1.54, 1.807) is 30.1 Å². The van der Waals surface area contributed by atoms with Crippen LogP contribution < -0.4 is 20.1 Å². The lowest BCUT2D eigenvalue weighted by molar-refractivity contribution is -0.124. The second-order valence-corrected chi connectivity index (χ2v) is 7.90. The molecule has 1 saturated carbocycles. The number of benzene rings is 1. The first-order valence-electron chi connectivity index (χ1n) is 11.0. The van der Waals surface area contributed by atoms with E-state index in [1.807, 2.05) is 13.8 Å². The number of rotatable bonds is 10. The molecule has 2 N–H and O–H groups in total. The Morgan fingerprint density at radius 1 is 1.03 bits per heavy atom. The van der Waals surface area contributed by atoms with Crippen LogP contribution in [-0.2, 0) is 9.59 Å². The minimum atomic E-state index is -0.783. The Morgan fingerprint density at radius 3 is 2.26 bits per heavy atom. The molecule has 2 amide bonds. The zero-order valence-corrected chi connectivity index (χ0v) is 18.8. The van der Waals surface area contributed by atoms with Gasteiger partial charge in [0, 0.05) is 11.8 Å². The average Bonchev–Trinajstić information content (AvgIpc) is 2.96. The number of hydrogen-bond acceptors (Lipinski definition) is 6. The van der Waals surface area contributed by atoms with Crippen molar-refractivity contribution in [2.45, 2.75) is 57.9 Å². The van der Waals surface area contributed by atoms with E-state index in [1.165, 1.54) is 0 Å². The highest BCUT2D eigenvalue weighted by atomic mass is 16.5. The second-order valence-electron chi connectivity index (χ2n) is 7.90. The SMILES string of the molecule is CCOc1ccc(NC(=O)CN(C)CC(=O)NC2(C#N)CCCCCC2)cc1OCC. The maximum absolute atomic E-state index is 12.5. The summed E-state index contributed by atoms with van der Waals surface area (Å²) in [5.74, 6) is 0.714. The van der Waals surface area contributed by atoms with Gasteiger partial charge in [-0.15, -0.1) is 0 Å². The topological polar surface area (TPSA) is 104 Å². The number of anilines is 1. The van der Waals surface area contributed by atoms with E-state index < -0.39 is 5.54 Å². The molecular formula is C23H34N4O4. The van der Waals surface area contributed by atoms with Gasteiger partial charge in [-0.05, 0) is 45.9 Å². The fourth-order valence-corrected chi connectivity index (χ4v) is 3.78. The van der Waals surface area contributed by atoms with Crippen LogP contribution in [0.2, 0.25) is 0 Å². The molecule has 1 aromatic rings. The highest BCUT2D eigenvalue weighted by Gasteiger charge is 2.32. The number of likely N-dealkylation sites (N-methyl/N-ethyl adjacent to an activating group) is 1. The number of hydrogen-bond donors (Lipinski definition) is 2. The highest BCUT2D eigenvalue weighted by molar-refractivity contribution is 5.93. The molecule has 0 heterocycles. The summed E-state index contributed by atoms with van der Waals surface area (Å²) in [6.45, 7) is 4.87. The molecule has 0 bridgehead atoms. The third-order valence-electron chi connectivity index (χ3n) is 5.20. The van der Waals surface area contributed by atoms with Gasteiger partial charge in [0.1, 0.15) is 5.54 Å². The smallest absolute Gasteiger partial charge is 0.238 e. The predicted molar refractivity (Wildman–Crippen MR) is 119 cm³/mol. The molecule has 0 saturated heterocycles. The highest BCUT2D eigenvalue weighted by Crippen LogP contribution is 2.30. The largest absolute Gasteiger partial charge is 0.490 e. The Morgan fingerprint density at radius 2 is 1.65 bits per heavy atom. The molecule has 0 aromatic heterocycles. The average molecular weight is 431 g/mol. The van der Waals surface area contributed by atoms with E-state index in [-0.39, 0.29) is 24.9 Å². The van der Waals surface area contributed by atoms with E-state index in [9.17, 15) is 14.9 Å². The summed E-state index contributed by atoms with van der Waals surface area (Å²) < 4.78 is 11.1. The lowest BCUT2D eigenvalue weighted by atomic mass is 9.92. The molecule has 0 aliphatic heterocycles. The van der Waals surface area contributed by atoms with Gasteiger partial charge in [0.05, 0.1) is 32.4 Å². The van der Waals surface area contributed by atoms with Crippen LogP contribution in [0.1, 0.15) is 52.4 Å². The first kappa shape index (κ1) is 24.5. The van der Waals surface area contributed by atoms with Gasteiger partial charge in [0.15, 0.2) is 11.5 Å². The number of ether oxygens (including phenoxy) is 2. The van der Waals surface area contributed by atoms with Crippen molar-refractivity contribution < 1.29 is 19.1 Å². The van der Waals surface area contributed by atoms with Gasteiger partial charge >= 0.3 is 0 Å². The van der Waals surface area contributed by atoms with E-state index in [0.717, 1.165) is 25.7 Å². The molecule has 2 rings (SSSR count). The Kier molecular flexibility index (Phi) is 9.60. The molecule has 1 aliphatic carbocycles.